The van der Waals surface area contributed by atoms with Gasteiger partial charge >= 0.3 is 5.97 Å². The third kappa shape index (κ3) is 4.75. The van der Waals surface area contributed by atoms with E-state index in [2.05, 4.69) is 20.8 Å². The van der Waals surface area contributed by atoms with Gasteiger partial charge in [0.05, 0.1) is 7.11 Å². The van der Waals surface area contributed by atoms with Crippen molar-refractivity contribution in [3.8, 4) is 0 Å². The highest BCUT2D eigenvalue weighted by molar-refractivity contribution is 7.99. The van der Waals surface area contributed by atoms with Gasteiger partial charge in [-0.15, -0.1) is 5.10 Å². The molecular formula is C12H23N5O2S. The Morgan fingerprint density at radius 3 is 2.80 bits per heavy atom. The summed E-state index contributed by atoms with van der Waals surface area (Å²) >= 11 is 1.62. The van der Waals surface area contributed by atoms with Gasteiger partial charge in [0.25, 0.3) is 0 Å². The van der Waals surface area contributed by atoms with Gasteiger partial charge < -0.3 is 10.1 Å². The molecule has 1 N–H and O–H groups in total. The number of esters is 1. The van der Waals surface area contributed by atoms with Gasteiger partial charge in [0.2, 0.25) is 5.16 Å². The van der Waals surface area contributed by atoms with Crippen molar-refractivity contribution in [2.24, 2.45) is 7.05 Å². The Balaban J connectivity index is 2.31. The molecule has 0 spiro atoms. The van der Waals surface area contributed by atoms with Crippen LogP contribution in [-0.2, 0) is 16.6 Å². The molecule has 1 aromatic rings. The molecule has 1 unspecified atom stereocenters. The van der Waals surface area contributed by atoms with Crippen LogP contribution in [0.2, 0.25) is 0 Å². The molecule has 0 saturated carbocycles. The van der Waals surface area contributed by atoms with E-state index < -0.39 is 5.54 Å². The number of ether oxygens (including phenoxy) is 1. The molecule has 1 rings (SSSR count). The zero-order valence-electron chi connectivity index (χ0n) is 12.5. The number of methoxy groups -OCH3 is 1. The van der Waals surface area contributed by atoms with E-state index in [1.54, 1.807) is 16.4 Å². The average molecular weight is 301 g/mol. The van der Waals surface area contributed by atoms with Crippen LogP contribution < -0.4 is 5.32 Å². The summed E-state index contributed by atoms with van der Waals surface area (Å²) < 4.78 is 6.52. The second-order valence-electron chi connectivity index (χ2n) is 4.74. The molecule has 7 nitrogen and oxygen atoms in total. The molecule has 1 heterocycles. The third-order valence-electron chi connectivity index (χ3n) is 3.09. The minimum Gasteiger partial charge on any atom is -0.468 e. The van der Waals surface area contributed by atoms with Gasteiger partial charge in [-0.05, 0) is 36.7 Å². The molecule has 20 heavy (non-hydrogen) atoms. The predicted octanol–water partition coefficient (Wildman–Crippen LogP) is 1.01. The molecule has 0 aromatic carbocycles. The van der Waals surface area contributed by atoms with Crippen LogP contribution in [0, 0.1) is 0 Å². The predicted molar refractivity (Wildman–Crippen MR) is 77.5 cm³/mol. The normalized spacial score (nSPS) is 14.0. The van der Waals surface area contributed by atoms with Crippen molar-refractivity contribution in [2.75, 3.05) is 19.4 Å². The van der Waals surface area contributed by atoms with Crippen LogP contribution in [0.1, 0.15) is 33.1 Å². The fraction of sp³-hybridized carbons (Fsp3) is 0.833. The molecule has 1 atom stereocenters. The first-order valence-electron chi connectivity index (χ1n) is 6.72. The van der Waals surface area contributed by atoms with Crippen LogP contribution in [0.4, 0.5) is 0 Å². The van der Waals surface area contributed by atoms with E-state index in [1.807, 2.05) is 20.9 Å². The smallest absolute Gasteiger partial charge is 0.325 e. The Kier molecular flexibility index (Phi) is 6.94. The second-order valence-corrected chi connectivity index (χ2v) is 5.81. The molecule has 8 heteroatoms. The van der Waals surface area contributed by atoms with E-state index in [0.29, 0.717) is 0 Å². The molecule has 0 aliphatic carbocycles. The molecule has 0 aliphatic rings. The van der Waals surface area contributed by atoms with Crippen LogP contribution in [0.25, 0.3) is 0 Å². The summed E-state index contributed by atoms with van der Waals surface area (Å²) in [6.07, 6.45) is 2.69. The van der Waals surface area contributed by atoms with E-state index >= 15 is 0 Å². The number of aromatic nitrogens is 4. The molecular weight excluding hydrogens is 278 g/mol. The largest absolute Gasteiger partial charge is 0.468 e. The molecule has 0 radical (unpaired) electrons. The molecule has 0 fully saturated rings. The Morgan fingerprint density at radius 1 is 1.50 bits per heavy atom. The standard InChI is InChI=1S/C12H23N5O2S/c1-5-13-12(2,10(18)19-4)8-6-7-9-20-11-14-15-16-17(11)3/h13H,5-9H2,1-4H3. The van der Waals surface area contributed by atoms with E-state index in [0.717, 1.165) is 36.7 Å². The lowest BCUT2D eigenvalue weighted by Gasteiger charge is -2.27. The maximum Gasteiger partial charge on any atom is 0.325 e. The number of likely N-dealkylation sites (N-methyl/N-ethyl adjacent to an activating group) is 1. The first-order valence-corrected chi connectivity index (χ1v) is 7.70. The highest BCUT2D eigenvalue weighted by Gasteiger charge is 2.32. The SMILES string of the molecule is CCNC(C)(CCCCSc1nnnn1C)C(=O)OC. The van der Waals surface area contributed by atoms with Crippen LogP contribution in [-0.4, -0.2) is 51.1 Å². The topological polar surface area (TPSA) is 81.9 Å². The lowest BCUT2D eigenvalue weighted by atomic mass is 9.95. The van der Waals surface area contributed by atoms with Crippen LogP contribution >= 0.6 is 11.8 Å². The Hall–Kier alpha value is -1.15. The zero-order chi connectivity index (χ0) is 15.0. The maximum absolute atomic E-state index is 11.8. The summed E-state index contributed by atoms with van der Waals surface area (Å²) in [6, 6.07) is 0. The second kappa shape index (κ2) is 8.21. The van der Waals surface area contributed by atoms with Gasteiger partial charge in [0, 0.05) is 12.8 Å². The quantitative estimate of drug-likeness (QED) is 0.414. The highest BCUT2D eigenvalue weighted by Crippen LogP contribution is 2.19. The summed E-state index contributed by atoms with van der Waals surface area (Å²) in [7, 11) is 3.25. The number of hydrogen-bond donors (Lipinski definition) is 1. The van der Waals surface area contributed by atoms with Gasteiger partial charge in [-0.3, -0.25) is 4.79 Å². The van der Waals surface area contributed by atoms with Gasteiger partial charge in [0.1, 0.15) is 5.54 Å². The van der Waals surface area contributed by atoms with Crippen molar-refractivity contribution in [2.45, 2.75) is 43.8 Å². The van der Waals surface area contributed by atoms with Crippen molar-refractivity contribution < 1.29 is 9.53 Å². The molecule has 114 valence electrons. The summed E-state index contributed by atoms with van der Waals surface area (Å²) in [6.45, 7) is 4.62. The molecule has 0 saturated heterocycles. The number of nitrogens with one attached hydrogen (secondary N) is 1. The van der Waals surface area contributed by atoms with Gasteiger partial charge in [0.15, 0.2) is 0 Å². The summed E-state index contributed by atoms with van der Waals surface area (Å²) in [5.74, 6) is 0.724. The van der Waals surface area contributed by atoms with Crippen LogP contribution in [0.3, 0.4) is 0 Å². The summed E-state index contributed by atoms with van der Waals surface area (Å²) in [4.78, 5) is 11.8. The fourth-order valence-corrected chi connectivity index (χ4v) is 2.81. The number of aryl methyl sites for hydroxylation is 1. The van der Waals surface area contributed by atoms with Gasteiger partial charge in [-0.25, -0.2) is 4.68 Å². The Bertz CT molecular complexity index is 426. The molecule has 0 bridgehead atoms. The Morgan fingerprint density at radius 2 is 2.25 bits per heavy atom. The number of thioether (sulfide) groups is 1. The van der Waals surface area contributed by atoms with Crippen molar-refractivity contribution >= 4 is 17.7 Å². The van der Waals surface area contributed by atoms with Crippen LogP contribution in [0.15, 0.2) is 5.16 Å². The summed E-state index contributed by atoms with van der Waals surface area (Å²) in [5, 5.41) is 15.3. The van der Waals surface area contributed by atoms with Crippen LogP contribution in [0.5, 0.6) is 0 Å². The average Bonchev–Trinajstić information content (AvgIpc) is 2.83. The maximum atomic E-state index is 11.8. The van der Waals surface area contributed by atoms with Crippen molar-refractivity contribution in [1.29, 1.82) is 0 Å². The lowest BCUT2D eigenvalue weighted by molar-refractivity contribution is -0.148. The minimum atomic E-state index is -0.597. The number of tetrazole rings is 1. The monoisotopic (exact) mass is 301 g/mol. The number of nitrogens with zero attached hydrogens (tertiary/aromatic N) is 4. The third-order valence-corrected chi connectivity index (χ3v) is 4.18. The number of hydrogen-bond acceptors (Lipinski definition) is 7. The Labute approximate surface area is 123 Å². The first kappa shape index (κ1) is 16.9. The zero-order valence-corrected chi connectivity index (χ0v) is 13.4. The molecule has 0 aliphatic heterocycles. The van der Waals surface area contributed by atoms with Gasteiger partial charge in [-0.1, -0.05) is 25.1 Å². The van der Waals surface area contributed by atoms with E-state index in [4.69, 9.17) is 4.74 Å². The molecule has 0 amide bonds. The lowest BCUT2D eigenvalue weighted by Crippen LogP contribution is -2.50. The van der Waals surface area contributed by atoms with E-state index in [-0.39, 0.29) is 5.97 Å². The minimum absolute atomic E-state index is 0.204. The number of carbonyl (C=O) groups excluding carboxylic acids is 1. The van der Waals surface area contributed by atoms with E-state index in [9.17, 15) is 4.79 Å². The number of unbranched alkanes of at least 4 members (excludes halogenated alkanes) is 1. The number of carbonyl (C=O) groups is 1. The number of rotatable bonds is 9. The highest BCUT2D eigenvalue weighted by atomic mass is 32.2. The van der Waals surface area contributed by atoms with Crippen molar-refractivity contribution in [3.05, 3.63) is 0 Å². The van der Waals surface area contributed by atoms with Gasteiger partial charge in [-0.2, -0.15) is 0 Å². The van der Waals surface area contributed by atoms with Crippen molar-refractivity contribution in [3.63, 3.8) is 0 Å². The molecule has 1 aromatic heterocycles. The summed E-state index contributed by atoms with van der Waals surface area (Å²) in [5.41, 5.74) is -0.597. The first-order chi connectivity index (χ1) is 9.53. The van der Waals surface area contributed by atoms with E-state index in [1.165, 1.54) is 7.11 Å². The fourth-order valence-electron chi connectivity index (χ4n) is 1.97. The van der Waals surface area contributed by atoms with Crippen molar-refractivity contribution in [1.82, 2.24) is 25.5 Å².